The van der Waals surface area contributed by atoms with Gasteiger partial charge in [0.2, 0.25) is 0 Å². The van der Waals surface area contributed by atoms with E-state index in [1.54, 1.807) is 4.90 Å². The topological polar surface area (TPSA) is 58.4 Å². The minimum atomic E-state index is -0.292. The number of nitrogens with one attached hydrogen (secondary N) is 1. The maximum atomic E-state index is 11.0. The molecule has 3 N–H and O–H groups in total. The molecule has 1 fully saturated rings. The number of piperidine rings is 1. The summed E-state index contributed by atoms with van der Waals surface area (Å²) in [6.45, 7) is 4.69. The van der Waals surface area contributed by atoms with Crippen molar-refractivity contribution in [3.05, 3.63) is 21.9 Å². The molecule has 1 saturated heterocycles. The molecule has 100 valence electrons. The van der Waals surface area contributed by atoms with Crippen LogP contribution >= 0.6 is 11.3 Å². The van der Waals surface area contributed by atoms with E-state index in [0.29, 0.717) is 6.04 Å². The van der Waals surface area contributed by atoms with E-state index >= 15 is 0 Å². The van der Waals surface area contributed by atoms with Gasteiger partial charge in [-0.3, -0.25) is 0 Å². The van der Waals surface area contributed by atoms with Crippen LogP contribution in [0.15, 0.2) is 11.4 Å². The van der Waals surface area contributed by atoms with E-state index in [1.807, 2.05) is 11.3 Å². The number of likely N-dealkylation sites (tertiary alicyclic amines) is 1. The highest BCUT2D eigenvalue weighted by atomic mass is 32.1. The van der Waals surface area contributed by atoms with Crippen LogP contribution in [-0.4, -0.2) is 30.1 Å². The second kappa shape index (κ2) is 6.20. The first kappa shape index (κ1) is 13.4. The summed E-state index contributed by atoms with van der Waals surface area (Å²) in [5.41, 5.74) is 6.72. The van der Waals surface area contributed by atoms with Gasteiger partial charge in [-0.2, -0.15) is 0 Å². The van der Waals surface area contributed by atoms with Crippen LogP contribution in [0.3, 0.4) is 0 Å². The molecule has 1 aliphatic rings. The highest BCUT2D eigenvalue weighted by Crippen LogP contribution is 2.18. The molecule has 2 rings (SSSR count). The first-order chi connectivity index (χ1) is 8.70. The Hall–Kier alpha value is -1.07. The smallest absolute Gasteiger partial charge is 0.314 e. The van der Waals surface area contributed by atoms with Gasteiger partial charge in [0.1, 0.15) is 0 Å². The fraction of sp³-hybridized carbons (Fsp3) is 0.615. The Balaban J connectivity index is 1.77. The molecule has 0 aliphatic carbocycles. The SMILES string of the molecule is CCc1ccsc1CNC1CCN(C(N)=O)CC1. The van der Waals surface area contributed by atoms with Crippen LogP contribution in [0.4, 0.5) is 4.79 Å². The molecule has 18 heavy (non-hydrogen) atoms. The van der Waals surface area contributed by atoms with Gasteiger partial charge in [0.15, 0.2) is 0 Å². The normalized spacial score (nSPS) is 17.1. The summed E-state index contributed by atoms with van der Waals surface area (Å²) >= 11 is 1.82. The molecule has 0 radical (unpaired) electrons. The van der Waals surface area contributed by atoms with Crippen molar-refractivity contribution >= 4 is 17.4 Å². The standard InChI is InChI=1S/C13H21N3OS/c1-2-10-5-8-18-12(10)9-15-11-3-6-16(7-4-11)13(14)17/h5,8,11,15H,2-4,6-7,9H2,1H3,(H2,14,17). The third-order valence-corrected chi connectivity index (χ3v) is 4.54. The van der Waals surface area contributed by atoms with Crippen molar-refractivity contribution in [3.8, 4) is 0 Å². The summed E-state index contributed by atoms with van der Waals surface area (Å²) in [6.07, 6.45) is 3.09. The Bertz CT molecular complexity index is 397. The van der Waals surface area contributed by atoms with Crippen LogP contribution in [-0.2, 0) is 13.0 Å². The predicted octanol–water partition coefficient (Wildman–Crippen LogP) is 1.94. The molecule has 4 nitrogen and oxygen atoms in total. The van der Waals surface area contributed by atoms with E-state index in [-0.39, 0.29) is 6.03 Å². The molecule has 1 aromatic rings. The Labute approximate surface area is 112 Å². The number of hydrogen-bond donors (Lipinski definition) is 2. The zero-order valence-electron chi connectivity index (χ0n) is 10.8. The molecule has 0 unspecified atom stereocenters. The lowest BCUT2D eigenvalue weighted by molar-refractivity contribution is 0.185. The number of nitrogens with two attached hydrogens (primary N) is 1. The number of hydrogen-bond acceptors (Lipinski definition) is 3. The van der Waals surface area contributed by atoms with Crippen molar-refractivity contribution in [2.45, 2.75) is 38.8 Å². The van der Waals surface area contributed by atoms with Gasteiger partial charge < -0.3 is 16.0 Å². The first-order valence-corrected chi connectivity index (χ1v) is 7.41. The lowest BCUT2D eigenvalue weighted by atomic mass is 10.1. The van der Waals surface area contributed by atoms with Gasteiger partial charge in [0.25, 0.3) is 0 Å². The number of carbonyl (C=O) groups is 1. The number of nitrogens with zero attached hydrogens (tertiary/aromatic N) is 1. The highest BCUT2D eigenvalue weighted by Gasteiger charge is 2.20. The average molecular weight is 267 g/mol. The van der Waals surface area contributed by atoms with Crippen LogP contribution in [0.5, 0.6) is 0 Å². The molecule has 1 aliphatic heterocycles. The lowest BCUT2D eigenvalue weighted by Crippen LogP contribution is -2.46. The molecular formula is C13H21N3OS. The summed E-state index contributed by atoms with van der Waals surface area (Å²) in [7, 11) is 0. The molecule has 0 saturated carbocycles. The number of aryl methyl sites for hydroxylation is 1. The average Bonchev–Trinajstić information content (AvgIpc) is 2.84. The Kier molecular flexibility index (Phi) is 4.60. The van der Waals surface area contributed by atoms with E-state index in [1.165, 1.54) is 10.4 Å². The van der Waals surface area contributed by atoms with Crippen LogP contribution in [0.1, 0.15) is 30.2 Å². The van der Waals surface area contributed by atoms with Gasteiger partial charge in [-0.05, 0) is 36.3 Å². The van der Waals surface area contributed by atoms with E-state index < -0.39 is 0 Å². The zero-order chi connectivity index (χ0) is 13.0. The predicted molar refractivity (Wildman–Crippen MR) is 74.7 cm³/mol. The molecule has 5 heteroatoms. The molecule has 2 heterocycles. The van der Waals surface area contributed by atoms with E-state index in [4.69, 9.17) is 5.73 Å². The maximum absolute atomic E-state index is 11.0. The van der Waals surface area contributed by atoms with Gasteiger partial charge in [0.05, 0.1) is 0 Å². The second-order valence-corrected chi connectivity index (χ2v) is 5.70. The van der Waals surface area contributed by atoms with Gasteiger partial charge in [0, 0.05) is 30.6 Å². The van der Waals surface area contributed by atoms with E-state index in [9.17, 15) is 4.79 Å². The van der Waals surface area contributed by atoms with Crippen molar-refractivity contribution in [2.24, 2.45) is 5.73 Å². The van der Waals surface area contributed by atoms with Gasteiger partial charge in [-0.1, -0.05) is 6.92 Å². The van der Waals surface area contributed by atoms with E-state index in [0.717, 1.165) is 38.9 Å². The minimum Gasteiger partial charge on any atom is -0.351 e. The largest absolute Gasteiger partial charge is 0.351 e. The third-order valence-electron chi connectivity index (χ3n) is 3.58. The quantitative estimate of drug-likeness (QED) is 0.876. The summed E-state index contributed by atoms with van der Waals surface area (Å²) in [5, 5.41) is 5.75. The fourth-order valence-corrected chi connectivity index (χ4v) is 3.31. The summed E-state index contributed by atoms with van der Waals surface area (Å²) in [6, 6.07) is 2.42. The molecular weight excluding hydrogens is 246 g/mol. The van der Waals surface area contributed by atoms with Crippen molar-refractivity contribution in [2.75, 3.05) is 13.1 Å². The monoisotopic (exact) mass is 267 g/mol. The van der Waals surface area contributed by atoms with Crippen molar-refractivity contribution in [3.63, 3.8) is 0 Å². The number of rotatable bonds is 4. The van der Waals surface area contributed by atoms with Crippen molar-refractivity contribution in [1.82, 2.24) is 10.2 Å². The Morgan fingerprint density at radius 3 is 2.89 bits per heavy atom. The van der Waals surface area contributed by atoms with Crippen molar-refractivity contribution in [1.29, 1.82) is 0 Å². The van der Waals surface area contributed by atoms with Gasteiger partial charge in [-0.15, -0.1) is 11.3 Å². The Morgan fingerprint density at radius 2 is 2.28 bits per heavy atom. The number of thiophene rings is 1. The first-order valence-electron chi connectivity index (χ1n) is 6.53. The summed E-state index contributed by atoms with van der Waals surface area (Å²) in [5.74, 6) is 0. The van der Waals surface area contributed by atoms with Crippen LogP contribution in [0.25, 0.3) is 0 Å². The fourth-order valence-electron chi connectivity index (χ4n) is 2.38. The second-order valence-electron chi connectivity index (χ2n) is 4.70. The zero-order valence-corrected chi connectivity index (χ0v) is 11.6. The van der Waals surface area contributed by atoms with E-state index in [2.05, 4.69) is 23.7 Å². The highest BCUT2D eigenvalue weighted by molar-refractivity contribution is 7.10. The molecule has 0 aromatic carbocycles. The summed E-state index contributed by atoms with van der Waals surface area (Å²) in [4.78, 5) is 14.2. The molecule has 2 amide bonds. The molecule has 0 spiro atoms. The number of urea groups is 1. The molecule has 0 bridgehead atoms. The van der Waals surface area contributed by atoms with Crippen LogP contribution in [0.2, 0.25) is 0 Å². The van der Waals surface area contributed by atoms with Crippen molar-refractivity contribution < 1.29 is 4.79 Å². The van der Waals surface area contributed by atoms with Crippen LogP contribution < -0.4 is 11.1 Å². The summed E-state index contributed by atoms with van der Waals surface area (Å²) < 4.78 is 0. The van der Waals surface area contributed by atoms with Gasteiger partial charge >= 0.3 is 6.03 Å². The minimum absolute atomic E-state index is 0.292. The number of carbonyl (C=O) groups excluding carboxylic acids is 1. The number of primary amides is 1. The Morgan fingerprint density at radius 1 is 1.56 bits per heavy atom. The number of amides is 2. The van der Waals surface area contributed by atoms with Gasteiger partial charge in [-0.25, -0.2) is 4.79 Å². The van der Waals surface area contributed by atoms with Crippen LogP contribution in [0, 0.1) is 0 Å². The lowest BCUT2D eigenvalue weighted by Gasteiger charge is -2.31. The molecule has 0 atom stereocenters. The third kappa shape index (κ3) is 3.23. The maximum Gasteiger partial charge on any atom is 0.314 e. The molecule has 1 aromatic heterocycles.